The molecule has 2 aromatic carbocycles. The molecule has 4 aromatic rings. The molecule has 5 rings (SSSR count). The van der Waals surface area contributed by atoms with Gasteiger partial charge in [0.1, 0.15) is 12.7 Å². The molecule has 1 amide bonds. The van der Waals surface area contributed by atoms with Gasteiger partial charge in [0.05, 0.1) is 12.6 Å². The molecule has 0 spiro atoms. The molecule has 0 saturated carbocycles. The third-order valence-corrected chi connectivity index (χ3v) is 5.15. The van der Waals surface area contributed by atoms with E-state index in [2.05, 4.69) is 31.9 Å². The van der Waals surface area contributed by atoms with E-state index in [1.54, 1.807) is 17.2 Å². The van der Waals surface area contributed by atoms with Gasteiger partial charge in [-0.2, -0.15) is 0 Å². The van der Waals surface area contributed by atoms with Crippen molar-refractivity contribution in [3.05, 3.63) is 78.6 Å². The minimum atomic E-state index is -0.0257. The van der Waals surface area contributed by atoms with Gasteiger partial charge in [0, 0.05) is 23.4 Å². The maximum Gasteiger partial charge on any atom is 0.254 e. The van der Waals surface area contributed by atoms with Crippen LogP contribution >= 0.6 is 0 Å². The molecule has 8 nitrogen and oxygen atoms in total. The Morgan fingerprint density at radius 3 is 2.59 bits per heavy atom. The molecule has 144 valence electrons. The van der Waals surface area contributed by atoms with Crippen LogP contribution in [0.4, 0.5) is 0 Å². The summed E-state index contributed by atoms with van der Waals surface area (Å²) in [7, 11) is 0. The topological polar surface area (TPSA) is 81.7 Å². The van der Waals surface area contributed by atoms with Gasteiger partial charge in [0.2, 0.25) is 0 Å². The zero-order valence-electron chi connectivity index (χ0n) is 15.9. The fraction of sp³-hybridized carbons (Fsp3) is 0.190. The highest BCUT2D eigenvalue weighted by Crippen LogP contribution is 2.28. The van der Waals surface area contributed by atoms with Crippen molar-refractivity contribution in [3.63, 3.8) is 0 Å². The lowest BCUT2D eigenvalue weighted by Gasteiger charge is -2.32. The molecular formula is C21H19N7O. The quantitative estimate of drug-likeness (QED) is 0.542. The van der Waals surface area contributed by atoms with Gasteiger partial charge in [-0.1, -0.05) is 36.4 Å². The summed E-state index contributed by atoms with van der Waals surface area (Å²) in [6.45, 7) is 3.12. The van der Waals surface area contributed by atoms with Crippen LogP contribution in [0.25, 0.3) is 17.1 Å². The molecule has 8 heteroatoms. The van der Waals surface area contributed by atoms with Crippen LogP contribution in [-0.4, -0.2) is 46.9 Å². The van der Waals surface area contributed by atoms with E-state index in [0.29, 0.717) is 18.7 Å². The predicted octanol–water partition coefficient (Wildman–Crippen LogP) is 2.74. The molecule has 0 fully saturated rings. The Labute approximate surface area is 167 Å². The number of rotatable bonds is 3. The van der Waals surface area contributed by atoms with Crippen molar-refractivity contribution in [2.75, 3.05) is 6.54 Å². The maximum absolute atomic E-state index is 13.2. The Kier molecular flexibility index (Phi) is 4.16. The fourth-order valence-corrected chi connectivity index (χ4v) is 3.79. The summed E-state index contributed by atoms with van der Waals surface area (Å²) in [5.41, 5.74) is 2.50. The molecule has 0 bridgehead atoms. The van der Waals surface area contributed by atoms with Crippen LogP contribution in [0.5, 0.6) is 0 Å². The number of hydrogen-bond acceptors (Lipinski definition) is 5. The largest absolute Gasteiger partial charge is 0.329 e. The van der Waals surface area contributed by atoms with E-state index in [-0.39, 0.29) is 11.9 Å². The number of amides is 1. The fourth-order valence-electron chi connectivity index (χ4n) is 3.79. The molecule has 0 N–H and O–H groups in total. The summed E-state index contributed by atoms with van der Waals surface area (Å²) in [6, 6.07) is 17.6. The molecule has 2 aromatic heterocycles. The van der Waals surface area contributed by atoms with Crippen molar-refractivity contribution in [2.45, 2.75) is 19.5 Å². The van der Waals surface area contributed by atoms with E-state index in [1.165, 1.54) is 0 Å². The number of nitrogens with zero attached hydrogens (tertiary/aromatic N) is 7. The van der Waals surface area contributed by atoms with E-state index >= 15 is 0 Å². The molecule has 1 aliphatic rings. The average molecular weight is 385 g/mol. The Hall–Kier alpha value is -3.81. The number of aromatic nitrogens is 6. The van der Waals surface area contributed by atoms with Crippen LogP contribution in [0.1, 0.15) is 29.1 Å². The predicted molar refractivity (Wildman–Crippen MR) is 106 cm³/mol. The first kappa shape index (κ1) is 17.3. The Morgan fingerprint density at radius 2 is 1.79 bits per heavy atom. The number of carbonyl (C=O) groups excluding carboxylic acids is 1. The summed E-state index contributed by atoms with van der Waals surface area (Å²) in [5, 5.41) is 16.4. The first-order chi connectivity index (χ1) is 14.2. The Balaban J connectivity index is 1.43. The van der Waals surface area contributed by atoms with E-state index in [9.17, 15) is 4.79 Å². The van der Waals surface area contributed by atoms with Crippen LogP contribution in [0, 0.1) is 0 Å². The molecule has 29 heavy (non-hydrogen) atoms. The minimum Gasteiger partial charge on any atom is -0.329 e. The first-order valence-electron chi connectivity index (χ1n) is 9.44. The smallest absolute Gasteiger partial charge is 0.254 e. The third-order valence-electron chi connectivity index (χ3n) is 5.15. The normalized spacial score (nSPS) is 15.9. The van der Waals surface area contributed by atoms with Crippen molar-refractivity contribution in [1.82, 2.24) is 34.4 Å². The van der Waals surface area contributed by atoms with Gasteiger partial charge < -0.3 is 9.47 Å². The monoisotopic (exact) mass is 385 g/mol. The Morgan fingerprint density at radius 1 is 1.00 bits per heavy atom. The third kappa shape index (κ3) is 3.08. The maximum atomic E-state index is 13.2. The van der Waals surface area contributed by atoms with E-state index in [4.69, 9.17) is 0 Å². The molecule has 0 radical (unpaired) electrons. The van der Waals surface area contributed by atoms with Gasteiger partial charge in [-0.3, -0.25) is 9.36 Å². The number of benzene rings is 2. The summed E-state index contributed by atoms with van der Waals surface area (Å²) in [5.74, 6) is 1.61. The molecule has 1 atom stereocenters. The molecule has 0 unspecified atom stereocenters. The second-order valence-corrected chi connectivity index (χ2v) is 7.13. The van der Waals surface area contributed by atoms with Crippen LogP contribution in [0.15, 0.2) is 67.3 Å². The van der Waals surface area contributed by atoms with E-state index < -0.39 is 0 Å². The highest BCUT2D eigenvalue weighted by molar-refractivity contribution is 5.94. The summed E-state index contributed by atoms with van der Waals surface area (Å²) < 4.78 is 3.91. The highest BCUT2D eigenvalue weighted by Gasteiger charge is 2.30. The number of hydrogen-bond donors (Lipinski definition) is 0. The second-order valence-electron chi connectivity index (χ2n) is 7.13. The van der Waals surface area contributed by atoms with Crippen LogP contribution in [0.3, 0.4) is 0 Å². The van der Waals surface area contributed by atoms with Crippen molar-refractivity contribution < 1.29 is 4.79 Å². The van der Waals surface area contributed by atoms with Crippen molar-refractivity contribution in [3.8, 4) is 17.1 Å². The second kappa shape index (κ2) is 6.97. The van der Waals surface area contributed by atoms with Crippen LogP contribution < -0.4 is 0 Å². The number of carbonyl (C=O) groups is 1. The molecular weight excluding hydrogens is 366 g/mol. The molecule has 3 heterocycles. The standard InChI is InChI=1S/C21H19N7O/c1-15-11-26(12-19-24-25-20(28(15)19)16-6-3-2-4-7-16)21(29)17-8-5-9-18(10-17)27-13-22-23-14-27/h2-10,13-15H,11-12H2,1H3/t15-/m0/s1. The van der Waals surface area contributed by atoms with Crippen molar-refractivity contribution >= 4 is 5.91 Å². The van der Waals surface area contributed by atoms with E-state index in [0.717, 1.165) is 22.9 Å². The molecule has 0 saturated heterocycles. The van der Waals surface area contributed by atoms with Gasteiger partial charge in [-0.15, -0.1) is 20.4 Å². The highest BCUT2D eigenvalue weighted by atomic mass is 16.2. The minimum absolute atomic E-state index is 0.0257. The SMILES string of the molecule is C[C@H]1CN(C(=O)c2cccc(-n3cnnc3)c2)Cc2nnc(-c3ccccc3)n21. The lowest BCUT2D eigenvalue weighted by atomic mass is 10.1. The van der Waals surface area contributed by atoms with E-state index in [1.807, 2.05) is 59.5 Å². The van der Waals surface area contributed by atoms with Gasteiger partial charge in [-0.05, 0) is 25.1 Å². The van der Waals surface area contributed by atoms with Crippen molar-refractivity contribution in [2.24, 2.45) is 0 Å². The summed E-state index contributed by atoms with van der Waals surface area (Å²) in [6.07, 6.45) is 3.22. The number of fused-ring (bicyclic) bond motifs is 1. The van der Waals surface area contributed by atoms with Gasteiger partial charge in [0.25, 0.3) is 5.91 Å². The van der Waals surface area contributed by atoms with Crippen LogP contribution in [0.2, 0.25) is 0 Å². The zero-order valence-corrected chi connectivity index (χ0v) is 15.9. The molecule has 0 aliphatic carbocycles. The molecule has 1 aliphatic heterocycles. The Bertz CT molecular complexity index is 1150. The summed E-state index contributed by atoms with van der Waals surface area (Å²) in [4.78, 5) is 15.0. The lowest BCUT2D eigenvalue weighted by Crippen LogP contribution is -2.40. The van der Waals surface area contributed by atoms with Gasteiger partial charge >= 0.3 is 0 Å². The van der Waals surface area contributed by atoms with Crippen molar-refractivity contribution in [1.29, 1.82) is 0 Å². The summed E-state index contributed by atoms with van der Waals surface area (Å²) >= 11 is 0. The van der Waals surface area contributed by atoms with Gasteiger partial charge in [0.15, 0.2) is 11.6 Å². The average Bonchev–Trinajstić information content (AvgIpc) is 3.44. The van der Waals surface area contributed by atoms with Gasteiger partial charge in [-0.25, -0.2) is 0 Å². The zero-order chi connectivity index (χ0) is 19.8. The first-order valence-corrected chi connectivity index (χ1v) is 9.44. The van der Waals surface area contributed by atoms with Crippen LogP contribution in [-0.2, 0) is 6.54 Å². The lowest BCUT2D eigenvalue weighted by molar-refractivity contribution is 0.0682.